The third-order valence-electron chi connectivity index (χ3n) is 7.35. The molecule has 4 heterocycles. The van der Waals surface area contributed by atoms with Crippen molar-refractivity contribution >= 4 is 28.8 Å². The van der Waals surface area contributed by atoms with Gasteiger partial charge in [-0.05, 0) is 42.9 Å². The number of anilines is 2. The van der Waals surface area contributed by atoms with E-state index in [0.29, 0.717) is 42.4 Å². The maximum atomic E-state index is 12.4. The van der Waals surface area contributed by atoms with Crippen LogP contribution in [0.4, 0.5) is 11.4 Å². The standard InChI is InChI=1S/C22H25N9O3/c1-24-19(33)18-14(6-15(27-28-18)22(20(23)34)11-21(22)4-5-21)25-7-16-26-17-3-2-12(8-31(17)29-16)30-9-13(32)10-30/h2-3,6,8,13,32H,4-5,7,9-11H2,1H3,(H2,23,34)(H,24,33)(H,25,27)/t22-/m0/s1. The number of aliphatic hydroxyl groups excluding tert-OH is 1. The van der Waals surface area contributed by atoms with Crippen molar-refractivity contribution in [3.8, 4) is 0 Å². The van der Waals surface area contributed by atoms with Crippen molar-refractivity contribution in [1.29, 1.82) is 0 Å². The van der Waals surface area contributed by atoms with Gasteiger partial charge in [-0.25, -0.2) is 9.50 Å². The highest BCUT2D eigenvalue weighted by atomic mass is 16.3. The molecule has 1 spiro atoms. The van der Waals surface area contributed by atoms with Gasteiger partial charge in [-0.15, -0.1) is 10.2 Å². The van der Waals surface area contributed by atoms with Crippen LogP contribution in [0.2, 0.25) is 0 Å². The molecule has 176 valence electrons. The van der Waals surface area contributed by atoms with Gasteiger partial charge < -0.3 is 26.4 Å². The highest BCUT2D eigenvalue weighted by Gasteiger charge is 2.78. The predicted octanol–water partition coefficient (Wildman–Crippen LogP) is -0.421. The number of nitrogens with two attached hydrogens (primary N) is 1. The molecule has 0 aromatic carbocycles. The van der Waals surface area contributed by atoms with Gasteiger partial charge in [-0.3, -0.25) is 9.59 Å². The molecule has 3 aromatic heterocycles. The fourth-order valence-corrected chi connectivity index (χ4v) is 5.10. The lowest BCUT2D eigenvalue weighted by Gasteiger charge is -2.37. The monoisotopic (exact) mass is 463 g/mol. The molecule has 2 aliphatic carbocycles. The molecule has 0 bridgehead atoms. The number of rotatable bonds is 7. The van der Waals surface area contributed by atoms with E-state index in [-0.39, 0.29) is 23.8 Å². The Morgan fingerprint density at radius 1 is 1.26 bits per heavy atom. The largest absolute Gasteiger partial charge is 0.389 e. The van der Waals surface area contributed by atoms with Gasteiger partial charge in [0.15, 0.2) is 17.2 Å². The summed E-state index contributed by atoms with van der Waals surface area (Å²) in [5.41, 5.74) is 7.59. The average Bonchev–Trinajstić information content (AvgIpc) is 3.69. The molecule has 3 aromatic rings. The molecule has 12 heteroatoms. The number of pyridine rings is 1. The summed E-state index contributed by atoms with van der Waals surface area (Å²) in [4.78, 5) is 31.3. The summed E-state index contributed by atoms with van der Waals surface area (Å²) in [6.07, 6.45) is 4.15. The second kappa shape index (κ2) is 7.10. The number of carbonyl (C=O) groups is 2. The highest BCUT2D eigenvalue weighted by Crippen LogP contribution is 2.78. The SMILES string of the molecule is CNC(=O)c1nnc([C@]2(C(N)=O)CC23CC3)cc1NCc1nc2ccc(N3CC(O)C3)cn2n1. The zero-order chi connectivity index (χ0) is 23.7. The Balaban J connectivity index is 1.27. The minimum absolute atomic E-state index is 0.0906. The first-order chi connectivity index (χ1) is 16.3. The molecule has 1 aliphatic heterocycles. The lowest BCUT2D eigenvalue weighted by Crippen LogP contribution is -2.50. The van der Waals surface area contributed by atoms with Gasteiger partial charge >= 0.3 is 0 Å². The number of β-amino-alcohol motifs (C(OH)–C–C–N with tert-alkyl or cyclic N) is 1. The highest BCUT2D eigenvalue weighted by molar-refractivity contribution is 5.98. The topological polar surface area (TPSA) is 164 Å². The molecule has 3 aliphatic rings. The number of hydrogen-bond acceptors (Lipinski definition) is 9. The number of nitrogens with one attached hydrogen (secondary N) is 2. The molecule has 12 nitrogen and oxygen atoms in total. The van der Waals surface area contributed by atoms with Crippen LogP contribution in [-0.2, 0) is 16.8 Å². The molecule has 1 atom stereocenters. The van der Waals surface area contributed by atoms with Crippen molar-refractivity contribution in [3.63, 3.8) is 0 Å². The summed E-state index contributed by atoms with van der Waals surface area (Å²) in [6.45, 7) is 1.44. The van der Waals surface area contributed by atoms with Gasteiger partial charge in [0, 0.05) is 20.1 Å². The Morgan fingerprint density at radius 2 is 2.06 bits per heavy atom. The molecule has 3 fully saturated rings. The van der Waals surface area contributed by atoms with E-state index in [4.69, 9.17) is 5.73 Å². The van der Waals surface area contributed by atoms with Crippen molar-refractivity contribution in [2.45, 2.75) is 37.3 Å². The van der Waals surface area contributed by atoms with E-state index in [2.05, 4.69) is 35.8 Å². The minimum Gasteiger partial charge on any atom is -0.389 e. The quantitative estimate of drug-likeness (QED) is 0.364. The van der Waals surface area contributed by atoms with Crippen LogP contribution in [0.1, 0.15) is 41.3 Å². The van der Waals surface area contributed by atoms with Gasteiger partial charge in [0.25, 0.3) is 5.91 Å². The molecule has 0 radical (unpaired) electrons. The van der Waals surface area contributed by atoms with Gasteiger partial charge in [-0.1, -0.05) is 0 Å². The molecule has 2 saturated carbocycles. The summed E-state index contributed by atoms with van der Waals surface area (Å²) in [5.74, 6) is -0.266. The lowest BCUT2D eigenvalue weighted by molar-refractivity contribution is -0.121. The summed E-state index contributed by atoms with van der Waals surface area (Å²) >= 11 is 0. The van der Waals surface area contributed by atoms with Crippen molar-refractivity contribution in [2.75, 3.05) is 30.4 Å². The zero-order valence-electron chi connectivity index (χ0n) is 18.7. The van der Waals surface area contributed by atoms with E-state index in [1.165, 1.54) is 7.05 Å². The molecular weight excluding hydrogens is 438 g/mol. The Labute approximate surface area is 194 Å². The minimum atomic E-state index is -0.806. The van der Waals surface area contributed by atoms with Crippen LogP contribution in [0.3, 0.4) is 0 Å². The van der Waals surface area contributed by atoms with E-state index in [9.17, 15) is 14.7 Å². The normalized spacial score (nSPS) is 22.5. The van der Waals surface area contributed by atoms with E-state index in [1.54, 1.807) is 10.6 Å². The molecule has 34 heavy (non-hydrogen) atoms. The molecule has 2 amide bonds. The van der Waals surface area contributed by atoms with Crippen molar-refractivity contribution in [3.05, 3.63) is 41.6 Å². The summed E-state index contributed by atoms with van der Waals surface area (Å²) in [5, 5.41) is 28.2. The number of amides is 2. The Kier molecular flexibility index (Phi) is 4.34. The lowest BCUT2D eigenvalue weighted by atomic mass is 9.96. The maximum Gasteiger partial charge on any atom is 0.273 e. The summed E-state index contributed by atoms with van der Waals surface area (Å²) in [7, 11) is 1.52. The molecule has 6 rings (SSSR count). The summed E-state index contributed by atoms with van der Waals surface area (Å²) in [6, 6.07) is 5.53. The number of hydrogen-bond donors (Lipinski definition) is 4. The Hall–Kier alpha value is -3.80. The fraction of sp³-hybridized carbons (Fsp3) is 0.455. The van der Waals surface area contributed by atoms with Crippen LogP contribution in [0.5, 0.6) is 0 Å². The van der Waals surface area contributed by atoms with Gasteiger partial charge in [0.1, 0.15) is 0 Å². The first kappa shape index (κ1) is 20.8. The maximum absolute atomic E-state index is 12.4. The van der Waals surface area contributed by atoms with Gasteiger partial charge in [0.05, 0.1) is 41.3 Å². The van der Waals surface area contributed by atoms with E-state index in [1.807, 2.05) is 18.3 Å². The first-order valence-electron chi connectivity index (χ1n) is 11.3. The fourth-order valence-electron chi connectivity index (χ4n) is 5.10. The van der Waals surface area contributed by atoms with Crippen LogP contribution < -0.4 is 21.3 Å². The molecule has 0 unspecified atom stereocenters. The third kappa shape index (κ3) is 3.01. The smallest absolute Gasteiger partial charge is 0.273 e. The first-order valence-corrected chi connectivity index (χ1v) is 11.3. The third-order valence-corrected chi connectivity index (χ3v) is 7.35. The Bertz CT molecular complexity index is 1330. The number of aliphatic hydroxyl groups is 1. The number of carbonyl (C=O) groups excluding carboxylic acids is 2. The molecular formula is C22H25N9O3. The van der Waals surface area contributed by atoms with Crippen LogP contribution in [0.15, 0.2) is 24.4 Å². The second-order valence-corrected chi connectivity index (χ2v) is 9.43. The predicted molar refractivity (Wildman–Crippen MR) is 121 cm³/mol. The van der Waals surface area contributed by atoms with E-state index in [0.717, 1.165) is 18.5 Å². The van der Waals surface area contributed by atoms with Crippen molar-refractivity contribution < 1.29 is 14.7 Å². The molecule has 5 N–H and O–H groups in total. The van der Waals surface area contributed by atoms with Crippen LogP contribution in [0.25, 0.3) is 5.65 Å². The van der Waals surface area contributed by atoms with Crippen LogP contribution in [0, 0.1) is 5.41 Å². The van der Waals surface area contributed by atoms with Gasteiger partial charge in [-0.2, -0.15) is 5.10 Å². The van der Waals surface area contributed by atoms with E-state index < -0.39 is 17.2 Å². The number of fused-ring (bicyclic) bond motifs is 1. The average molecular weight is 464 g/mol. The zero-order valence-corrected chi connectivity index (χ0v) is 18.7. The molecule has 1 saturated heterocycles. The van der Waals surface area contributed by atoms with Gasteiger partial charge in [0.2, 0.25) is 5.91 Å². The van der Waals surface area contributed by atoms with Crippen molar-refractivity contribution in [1.82, 2.24) is 30.1 Å². The second-order valence-electron chi connectivity index (χ2n) is 9.43. The van der Waals surface area contributed by atoms with Crippen molar-refractivity contribution in [2.24, 2.45) is 11.1 Å². The number of nitrogens with zero attached hydrogens (tertiary/aromatic N) is 6. The van der Waals surface area contributed by atoms with Crippen LogP contribution >= 0.6 is 0 Å². The number of primary amides is 1. The summed E-state index contributed by atoms with van der Waals surface area (Å²) < 4.78 is 1.69. The Morgan fingerprint density at radius 3 is 2.71 bits per heavy atom. The van der Waals surface area contributed by atoms with Crippen LogP contribution in [-0.4, -0.2) is 68.0 Å². The van der Waals surface area contributed by atoms with E-state index >= 15 is 0 Å². The number of aromatic nitrogens is 5.